The highest BCUT2D eigenvalue weighted by Gasteiger charge is 2.27. The van der Waals surface area contributed by atoms with Gasteiger partial charge in [0.25, 0.3) is 5.91 Å². The van der Waals surface area contributed by atoms with Crippen molar-refractivity contribution in [1.82, 2.24) is 9.88 Å². The van der Waals surface area contributed by atoms with Crippen LogP contribution in [-0.2, 0) is 4.74 Å². The van der Waals surface area contributed by atoms with Gasteiger partial charge in [-0.1, -0.05) is 43.5 Å². The Morgan fingerprint density at radius 2 is 1.68 bits per heavy atom. The van der Waals surface area contributed by atoms with Gasteiger partial charge in [0.1, 0.15) is 5.69 Å². The zero-order chi connectivity index (χ0) is 17.1. The number of carbonyl (C=O) groups excluding carboxylic acids is 1. The average Bonchev–Trinajstić information content (AvgIpc) is 2.68. The maximum Gasteiger partial charge on any atom is 0.273 e. The van der Waals surface area contributed by atoms with Crippen molar-refractivity contribution >= 4 is 16.7 Å². The molecule has 2 heterocycles. The molecule has 1 saturated carbocycles. The van der Waals surface area contributed by atoms with Gasteiger partial charge in [-0.05, 0) is 37.1 Å². The highest BCUT2D eigenvalue weighted by molar-refractivity contribution is 6.05. The molecule has 0 atom stereocenters. The van der Waals surface area contributed by atoms with Gasteiger partial charge in [0.05, 0.1) is 12.2 Å². The smallest absolute Gasteiger partial charge is 0.273 e. The Bertz CT molecular complexity index is 726. The average molecular weight is 338 g/mol. The predicted molar refractivity (Wildman–Crippen MR) is 98.6 cm³/mol. The van der Waals surface area contributed by atoms with Crippen LogP contribution in [0.25, 0.3) is 10.8 Å². The summed E-state index contributed by atoms with van der Waals surface area (Å²) in [7, 11) is 0. The topological polar surface area (TPSA) is 42.4 Å². The molecule has 4 heteroatoms. The van der Waals surface area contributed by atoms with Gasteiger partial charge < -0.3 is 9.64 Å². The first-order valence-corrected chi connectivity index (χ1v) is 9.60. The Kier molecular flexibility index (Phi) is 4.97. The summed E-state index contributed by atoms with van der Waals surface area (Å²) in [6, 6.07) is 9.92. The molecule has 2 aromatic rings. The first-order chi connectivity index (χ1) is 12.3. The summed E-state index contributed by atoms with van der Waals surface area (Å²) in [4.78, 5) is 19.2. The lowest BCUT2D eigenvalue weighted by atomic mass is 9.97. The second-order valence-electron chi connectivity index (χ2n) is 7.27. The molecule has 0 radical (unpaired) electrons. The Hall–Kier alpha value is -1.94. The van der Waals surface area contributed by atoms with Crippen LogP contribution in [-0.4, -0.2) is 41.1 Å². The molecule has 25 heavy (non-hydrogen) atoms. The molecule has 2 fully saturated rings. The monoisotopic (exact) mass is 338 g/mol. The second kappa shape index (κ2) is 7.52. The number of hydrogen-bond acceptors (Lipinski definition) is 3. The maximum atomic E-state index is 12.9. The minimum atomic E-state index is 0.0490. The van der Waals surface area contributed by atoms with E-state index in [4.69, 9.17) is 4.74 Å². The molecule has 4 nitrogen and oxygen atoms in total. The molecule has 0 bridgehead atoms. The zero-order valence-electron chi connectivity index (χ0n) is 14.7. The summed E-state index contributed by atoms with van der Waals surface area (Å²) in [5, 5.41) is 2.01. The Morgan fingerprint density at radius 3 is 2.48 bits per heavy atom. The summed E-state index contributed by atoms with van der Waals surface area (Å²) in [6.07, 6.45) is 10.7. The Labute approximate surface area is 149 Å². The van der Waals surface area contributed by atoms with Gasteiger partial charge in [0.2, 0.25) is 0 Å². The van der Waals surface area contributed by atoms with E-state index in [2.05, 4.69) is 4.98 Å². The number of nitrogens with zero attached hydrogens (tertiary/aromatic N) is 2. The third kappa shape index (κ3) is 3.69. The minimum absolute atomic E-state index is 0.0490. The molecule has 132 valence electrons. The number of amides is 1. The van der Waals surface area contributed by atoms with E-state index in [0.29, 0.717) is 17.9 Å². The van der Waals surface area contributed by atoms with Crippen LogP contribution >= 0.6 is 0 Å². The number of aromatic nitrogens is 1. The minimum Gasteiger partial charge on any atom is -0.375 e. The van der Waals surface area contributed by atoms with Crippen LogP contribution in [0.3, 0.4) is 0 Å². The van der Waals surface area contributed by atoms with E-state index in [1.54, 1.807) is 6.20 Å². The lowest BCUT2D eigenvalue weighted by Gasteiger charge is -2.35. The van der Waals surface area contributed by atoms with Crippen molar-refractivity contribution < 1.29 is 9.53 Å². The number of rotatable bonds is 3. The fourth-order valence-electron chi connectivity index (χ4n) is 4.11. The van der Waals surface area contributed by atoms with Crippen molar-refractivity contribution in [2.75, 3.05) is 13.1 Å². The summed E-state index contributed by atoms with van der Waals surface area (Å²) in [5.41, 5.74) is 0.574. The number of hydrogen-bond donors (Lipinski definition) is 0. The Balaban J connectivity index is 1.39. The number of benzene rings is 1. The molecule has 1 aliphatic carbocycles. The summed E-state index contributed by atoms with van der Waals surface area (Å²) in [6.45, 7) is 1.53. The van der Waals surface area contributed by atoms with Gasteiger partial charge in [-0.15, -0.1) is 0 Å². The molecule has 0 spiro atoms. The fourth-order valence-corrected chi connectivity index (χ4v) is 4.11. The van der Waals surface area contributed by atoms with Crippen molar-refractivity contribution in [3.8, 4) is 0 Å². The van der Waals surface area contributed by atoms with Crippen LogP contribution in [0.1, 0.15) is 55.4 Å². The van der Waals surface area contributed by atoms with Gasteiger partial charge >= 0.3 is 0 Å². The van der Waals surface area contributed by atoms with Gasteiger partial charge in [0, 0.05) is 24.7 Å². The van der Waals surface area contributed by atoms with Crippen LogP contribution in [0.5, 0.6) is 0 Å². The van der Waals surface area contributed by atoms with Gasteiger partial charge in [0.15, 0.2) is 0 Å². The first-order valence-electron chi connectivity index (χ1n) is 9.60. The molecule has 1 aromatic heterocycles. The second-order valence-corrected chi connectivity index (χ2v) is 7.27. The molecule has 1 saturated heterocycles. The van der Waals surface area contributed by atoms with E-state index in [-0.39, 0.29) is 5.91 Å². The molecule has 0 unspecified atom stereocenters. The Morgan fingerprint density at radius 1 is 0.960 bits per heavy atom. The third-order valence-electron chi connectivity index (χ3n) is 5.54. The van der Waals surface area contributed by atoms with E-state index >= 15 is 0 Å². The van der Waals surface area contributed by atoms with E-state index in [0.717, 1.165) is 36.7 Å². The van der Waals surface area contributed by atoms with Crippen molar-refractivity contribution in [2.24, 2.45) is 0 Å². The summed E-state index contributed by atoms with van der Waals surface area (Å²) < 4.78 is 6.28. The summed E-state index contributed by atoms with van der Waals surface area (Å²) >= 11 is 0. The SMILES string of the molecule is O=C(c1nccc2ccccc12)N1CCC(OC2CCCCC2)CC1. The van der Waals surface area contributed by atoms with Crippen LogP contribution in [0.15, 0.2) is 36.5 Å². The molecule has 1 aromatic carbocycles. The van der Waals surface area contributed by atoms with Crippen LogP contribution < -0.4 is 0 Å². The fraction of sp³-hybridized carbons (Fsp3) is 0.524. The largest absolute Gasteiger partial charge is 0.375 e. The van der Waals surface area contributed by atoms with Crippen molar-refractivity contribution in [3.05, 3.63) is 42.2 Å². The van der Waals surface area contributed by atoms with Gasteiger partial charge in [-0.2, -0.15) is 0 Å². The molecule has 2 aliphatic rings. The first kappa shape index (κ1) is 16.5. The highest BCUT2D eigenvalue weighted by Crippen LogP contribution is 2.26. The number of likely N-dealkylation sites (tertiary alicyclic amines) is 1. The summed E-state index contributed by atoms with van der Waals surface area (Å²) in [5.74, 6) is 0.0490. The quantitative estimate of drug-likeness (QED) is 0.843. The molecular formula is C21H26N2O2. The lowest BCUT2D eigenvalue weighted by molar-refractivity contribution is -0.0527. The van der Waals surface area contributed by atoms with Crippen LogP contribution in [0.2, 0.25) is 0 Å². The number of piperidine rings is 1. The number of ether oxygens (including phenoxy) is 1. The predicted octanol–water partition coefficient (Wildman–Crippen LogP) is 4.19. The molecule has 1 aliphatic heterocycles. The lowest BCUT2D eigenvalue weighted by Crippen LogP contribution is -2.42. The molecular weight excluding hydrogens is 312 g/mol. The number of carbonyl (C=O) groups is 1. The molecule has 4 rings (SSSR count). The van der Waals surface area contributed by atoms with Crippen molar-refractivity contribution in [2.45, 2.75) is 57.2 Å². The van der Waals surface area contributed by atoms with Gasteiger partial charge in [-0.25, -0.2) is 0 Å². The van der Waals surface area contributed by atoms with Crippen molar-refractivity contribution in [3.63, 3.8) is 0 Å². The van der Waals surface area contributed by atoms with E-state index in [1.807, 2.05) is 35.2 Å². The normalized spacial score (nSPS) is 20.1. The van der Waals surface area contributed by atoms with E-state index in [9.17, 15) is 4.79 Å². The van der Waals surface area contributed by atoms with E-state index < -0.39 is 0 Å². The van der Waals surface area contributed by atoms with E-state index in [1.165, 1.54) is 32.1 Å². The van der Waals surface area contributed by atoms with Crippen LogP contribution in [0.4, 0.5) is 0 Å². The highest BCUT2D eigenvalue weighted by atomic mass is 16.5. The van der Waals surface area contributed by atoms with Crippen molar-refractivity contribution in [1.29, 1.82) is 0 Å². The molecule has 1 amide bonds. The standard InChI is InChI=1S/C21H26N2O2/c24-21(20-19-9-5-4-6-16(19)10-13-22-20)23-14-11-18(12-15-23)25-17-7-2-1-3-8-17/h4-6,9-10,13,17-18H,1-3,7-8,11-12,14-15H2. The van der Waals surface area contributed by atoms with Gasteiger partial charge in [-0.3, -0.25) is 9.78 Å². The third-order valence-corrected chi connectivity index (χ3v) is 5.54. The maximum absolute atomic E-state index is 12.9. The number of pyridine rings is 1. The number of fused-ring (bicyclic) bond motifs is 1. The van der Waals surface area contributed by atoms with Crippen LogP contribution in [0, 0.1) is 0 Å². The molecule has 0 N–H and O–H groups in total. The zero-order valence-corrected chi connectivity index (χ0v) is 14.7.